The van der Waals surface area contributed by atoms with Crippen LogP contribution in [-0.2, 0) is 10.0 Å². The molecular weight excluding hydrogens is 541 g/mol. The molecule has 166 valence electrons. The van der Waals surface area contributed by atoms with E-state index < -0.39 is 15.8 Å². The Balaban J connectivity index is 2.04. The number of hydrogen-bond acceptors (Lipinski definition) is 8. The van der Waals surface area contributed by atoms with Crippen LogP contribution < -0.4 is 26.1 Å². The van der Waals surface area contributed by atoms with Gasteiger partial charge < -0.3 is 16.0 Å². The lowest BCUT2D eigenvalue weighted by molar-refractivity contribution is 0.308. The highest BCUT2D eigenvalue weighted by Gasteiger charge is 2.17. The predicted molar refractivity (Wildman–Crippen MR) is 127 cm³/mol. The summed E-state index contributed by atoms with van der Waals surface area (Å²) in [4.78, 5) is 4.21. The monoisotopic (exact) mass is 562 g/mol. The van der Waals surface area contributed by atoms with Crippen LogP contribution in [0.4, 0.5) is 15.9 Å². The molecule has 0 unspecified atom stereocenters. The van der Waals surface area contributed by atoms with Crippen molar-refractivity contribution in [2.75, 3.05) is 30.0 Å². The molecule has 1 heterocycles. The number of aliphatic imine (C=N–C) groups is 1. The third kappa shape index (κ3) is 8.31. The van der Waals surface area contributed by atoms with Crippen molar-refractivity contribution in [3.05, 3.63) is 29.7 Å². The Morgan fingerprint density at radius 1 is 1.35 bits per heavy atom. The van der Waals surface area contributed by atoms with E-state index >= 15 is 0 Å². The van der Waals surface area contributed by atoms with Crippen molar-refractivity contribution in [2.24, 2.45) is 8.20 Å². The maximum atomic E-state index is 13.4. The summed E-state index contributed by atoms with van der Waals surface area (Å²) >= 11 is 1.77. The largest absolute Gasteiger partial charge is 0.363 e. The van der Waals surface area contributed by atoms with Crippen LogP contribution in [0.15, 0.2) is 31.0 Å². The minimum absolute atomic E-state index is 0.0127. The van der Waals surface area contributed by atoms with E-state index in [1.807, 2.05) is 13.8 Å². The van der Waals surface area contributed by atoms with Gasteiger partial charge in [-0.05, 0) is 42.4 Å². The number of anilines is 2. The van der Waals surface area contributed by atoms with Gasteiger partial charge in [0, 0.05) is 18.3 Å². The average molecular weight is 562 g/mol. The van der Waals surface area contributed by atoms with Gasteiger partial charge in [-0.25, -0.2) is 17.4 Å². The molecule has 4 N–H and O–H groups in total. The zero-order chi connectivity index (χ0) is 23.0. The predicted octanol–water partition coefficient (Wildman–Crippen LogP) is 0.526. The van der Waals surface area contributed by atoms with E-state index in [0.29, 0.717) is 23.9 Å². The molecule has 0 aliphatic rings. The van der Waals surface area contributed by atoms with Crippen molar-refractivity contribution in [2.45, 2.75) is 19.9 Å². The normalized spacial score (nSPS) is 12.7. The molecular formula is C16H21BFIN8O3S. The van der Waals surface area contributed by atoms with E-state index in [4.69, 9.17) is 12.5 Å². The molecule has 1 aromatic heterocycles. The highest BCUT2D eigenvalue weighted by atomic mass is 127. The Hall–Kier alpha value is -2.43. The fraction of sp³-hybridized carbons (Fsp3) is 0.375. The van der Waals surface area contributed by atoms with Crippen molar-refractivity contribution in [3.63, 3.8) is 0 Å². The highest BCUT2D eigenvalue weighted by Crippen LogP contribution is 2.15. The van der Waals surface area contributed by atoms with Gasteiger partial charge in [0.15, 0.2) is 11.5 Å². The van der Waals surface area contributed by atoms with Gasteiger partial charge in [-0.3, -0.25) is 9.71 Å². The summed E-state index contributed by atoms with van der Waals surface area (Å²) < 4.78 is 47.5. The number of sulfonamides is 1. The Bertz CT molecular complexity index is 1060. The van der Waals surface area contributed by atoms with Crippen molar-refractivity contribution in [1.29, 1.82) is 0 Å². The number of benzene rings is 1. The van der Waals surface area contributed by atoms with Crippen LogP contribution in [0, 0.1) is 5.82 Å². The van der Waals surface area contributed by atoms with Crippen LogP contribution in [0.2, 0.25) is 0 Å². The van der Waals surface area contributed by atoms with Gasteiger partial charge in [0.05, 0.1) is 35.7 Å². The minimum atomic E-state index is -3.46. The fourth-order valence-electron chi connectivity index (χ4n) is 2.24. The number of rotatable bonds is 8. The summed E-state index contributed by atoms with van der Waals surface area (Å²) in [5.74, 6) is 0.214. The number of aromatic nitrogens is 2. The molecule has 0 fully saturated rings. The van der Waals surface area contributed by atoms with E-state index in [2.05, 4.69) is 39.2 Å². The van der Waals surface area contributed by atoms with Crippen molar-refractivity contribution < 1.29 is 17.4 Å². The third-order valence-corrected chi connectivity index (χ3v) is 4.48. The lowest BCUT2D eigenvalue weighted by atomic mass is 9.95. The van der Waals surface area contributed by atoms with Crippen LogP contribution in [0.25, 0.3) is 0 Å². The molecule has 0 aliphatic heterocycles. The summed E-state index contributed by atoms with van der Waals surface area (Å²) in [5, 5.41) is 16.5. The van der Waals surface area contributed by atoms with E-state index in [-0.39, 0.29) is 29.7 Å². The lowest BCUT2D eigenvalue weighted by Crippen LogP contribution is -2.43. The molecule has 0 spiro atoms. The van der Waals surface area contributed by atoms with Crippen LogP contribution in [0.5, 0.6) is 0 Å². The standard InChI is InChI=1S/C16H21BFIN8O3S/c1-9(2)22-16(27-31(3,28)29)21-7-6-20-14-13(25-30-26-14)15(24-19)23-10-4-5-12(18)11(17)8-10/h4-5,8-9H,6-7H2,1-3H3,(H,20,26)(H,23,24)(H2,21,22,27). The molecule has 0 atom stereocenters. The molecule has 15 heteroatoms. The zero-order valence-electron chi connectivity index (χ0n) is 17.0. The first-order chi connectivity index (χ1) is 14.6. The second-order valence-corrected chi connectivity index (χ2v) is 8.82. The summed E-state index contributed by atoms with van der Waals surface area (Å²) in [6.45, 7) is 4.24. The van der Waals surface area contributed by atoms with E-state index in [1.54, 1.807) is 22.9 Å². The molecule has 2 radical (unpaired) electrons. The second-order valence-electron chi connectivity index (χ2n) is 6.59. The lowest BCUT2D eigenvalue weighted by Gasteiger charge is -2.14. The number of guanidine groups is 1. The smallest absolute Gasteiger partial charge is 0.232 e. The first kappa shape index (κ1) is 24.8. The van der Waals surface area contributed by atoms with Gasteiger partial charge in [0.1, 0.15) is 13.7 Å². The highest BCUT2D eigenvalue weighted by molar-refractivity contribution is 14.1. The number of nitrogens with one attached hydrogen (secondary N) is 4. The minimum Gasteiger partial charge on any atom is -0.363 e. The van der Waals surface area contributed by atoms with E-state index in [1.165, 1.54) is 18.2 Å². The average Bonchev–Trinajstić information content (AvgIpc) is 3.12. The van der Waals surface area contributed by atoms with Gasteiger partial charge in [-0.1, -0.05) is 5.46 Å². The van der Waals surface area contributed by atoms with Gasteiger partial charge in [-0.2, -0.15) is 3.21 Å². The Labute approximate surface area is 194 Å². The molecule has 0 bridgehead atoms. The number of nitrogens with zero attached hydrogens (tertiary/aromatic N) is 4. The molecule has 2 rings (SSSR count). The molecule has 11 nitrogen and oxygen atoms in total. The maximum absolute atomic E-state index is 13.4. The van der Waals surface area contributed by atoms with Crippen LogP contribution in [-0.4, -0.2) is 63.8 Å². The number of hydrogen-bond donors (Lipinski definition) is 4. The summed E-state index contributed by atoms with van der Waals surface area (Å²) in [7, 11) is 2.12. The summed E-state index contributed by atoms with van der Waals surface area (Å²) in [6, 6.07) is 4.14. The second kappa shape index (κ2) is 11.3. The number of amidine groups is 1. The topological polar surface area (TPSA) is 146 Å². The van der Waals surface area contributed by atoms with Crippen molar-refractivity contribution >= 4 is 69.5 Å². The molecule has 31 heavy (non-hydrogen) atoms. The molecule has 2 aromatic rings. The molecule has 1 aromatic carbocycles. The molecule has 0 saturated heterocycles. The van der Waals surface area contributed by atoms with Gasteiger partial charge in [-0.15, -0.1) is 0 Å². The molecule has 0 saturated carbocycles. The van der Waals surface area contributed by atoms with Crippen molar-refractivity contribution in [3.8, 4) is 0 Å². The van der Waals surface area contributed by atoms with Crippen LogP contribution in [0.3, 0.4) is 0 Å². The SMILES string of the molecule is [B]c1cc(NC(=NI)c2nonc2NCCN=C(NC(C)C)NS(C)(=O)=O)ccc1F. The maximum Gasteiger partial charge on any atom is 0.232 e. The number of halogens is 2. The first-order valence-electron chi connectivity index (χ1n) is 8.95. The Kier molecular flexibility index (Phi) is 9.03. The first-order valence-corrected chi connectivity index (χ1v) is 11.8. The van der Waals surface area contributed by atoms with E-state index in [9.17, 15) is 12.8 Å². The zero-order valence-corrected chi connectivity index (χ0v) is 20.0. The van der Waals surface area contributed by atoms with Gasteiger partial charge >= 0.3 is 0 Å². The van der Waals surface area contributed by atoms with Gasteiger partial charge in [0.2, 0.25) is 21.8 Å². The van der Waals surface area contributed by atoms with E-state index in [0.717, 1.165) is 6.26 Å². The quantitative estimate of drug-likeness (QED) is 0.120. The molecule has 0 aliphatic carbocycles. The Morgan fingerprint density at radius 2 is 2.10 bits per heavy atom. The fourth-order valence-corrected chi connectivity index (χ4v) is 3.06. The van der Waals surface area contributed by atoms with Gasteiger partial charge in [0.25, 0.3) is 0 Å². The van der Waals surface area contributed by atoms with Crippen LogP contribution in [0.1, 0.15) is 19.5 Å². The molecule has 0 amide bonds. The summed E-state index contributed by atoms with van der Waals surface area (Å²) in [6.07, 6.45) is 1.04. The summed E-state index contributed by atoms with van der Waals surface area (Å²) in [5.41, 5.74) is 0.779. The van der Waals surface area contributed by atoms with Crippen molar-refractivity contribution in [1.82, 2.24) is 20.4 Å². The van der Waals surface area contributed by atoms with Crippen LogP contribution >= 0.6 is 22.9 Å². The Morgan fingerprint density at radius 3 is 2.71 bits per heavy atom. The third-order valence-electron chi connectivity index (χ3n) is 3.44.